The molecule has 4 heteroatoms. The maximum Gasteiger partial charge on any atom is 0.127 e. The molecule has 4 nitrogen and oxygen atoms in total. The van der Waals surface area contributed by atoms with E-state index in [0.29, 0.717) is 12.0 Å². The van der Waals surface area contributed by atoms with Crippen molar-refractivity contribution in [1.82, 2.24) is 9.55 Å². The van der Waals surface area contributed by atoms with Crippen LogP contribution in [-0.4, -0.2) is 22.8 Å². The first kappa shape index (κ1) is 14.4. The number of rotatable bonds is 2. The third kappa shape index (κ3) is 2.78. The van der Waals surface area contributed by atoms with E-state index >= 15 is 0 Å². The minimum Gasteiger partial charge on any atom is -0.384 e. The van der Waals surface area contributed by atoms with Gasteiger partial charge in [-0.2, -0.15) is 0 Å². The summed E-state index contributed by atoms with van der Waals surface area (Å²) >= 11 is 0. The average Bonchev–Trinajstić information content (AvgIpc) is 2.68. The fraction of sp³-hybridized carbons (Fsp3) is 0.800. The second-order valence-electron chi connectivity index (χ2n) is 6.81. The van der Waals surface area contributed by atoms with Crippen LogP contribution in [0.1, 0.15) is 70.9 Å². The van der Waals surface area contributed by atoms with E-state index in [9.17, 15) is 0 Å². The van der Waals surface area contributed by atoms with E-state index in [1.807, 2.05) is 0 Å². The summed E-state index contributed by atoms with van der Waals surface area (Å²) in [6.45, 7) is 12.6. The van der Waals surface area contributed by atoms with Crippen molar-refractivity contribution in [3.63, 3.8) is 0 Å². The molecule has 2 rings (SSSR count). The summed E-state index contributed by atoms with van der Waals surface area (Å²) in [4.78, 5) is 4.91. The number of ether oxygens (including phenoxy) is 1. The quantitative estimate of drug-likeness (QED) is 0.893. The summed E-state index contributed by atoms with van der Waals surface area (Å²) in [5.41, 5.74) is 7.49. The van der Waals surface area contributed by atoms with Gasteiger partial charge in [0.1, 0.15) is 11.6 Å². The van der Waals surface area contributed by atoms with Gasteiger partial charge in [-0.15, -0.1) is 0 Å². The van der Waals surface area contributed by atoms with Gasteiger partial charge >= 0.3 is 0 Å². The molecule has 19 heavy (non-hydrogen) atoms. The first-order valence-electron chi connectivity index (χ1n) is 7.28. The van der Waals surface area contributed by atoms with Gasteiger partial charge in [0.15, 0.2) is 0 Å². The second-order valence-corrected chi connectivity index (χ2v) is 6.81. The molecule has 0 unspecified atom stereocenters. The zero-order chi connectivity index (χ0) is 14.2. The van der Waals surface area contributed by atoms with Gasteiger partial charge in [-0.25, -0.2) is 4.98 Å². The number of nitrogens with zero attached hydrogens (tertiary/aromatic N) is 2. The van der Waals surface area contributed by atoms with Crippen molar-refractivity contribution in [2.24, 2.45) is 0 Å². The predicted molar refractivity (Wildman–Crippen MR) is 78.5 cm³/mol. The van der Waals surface area contributed by atoms with Crippen molar-refractivity contribution in [2.75, 3.05) is 18.9 Å². The molecule has 1 aliphatic heterocycles. The van der Waals surface area contributed by atoms with Crippen LogP contribution in [0.4, 0.5) is 5.82 Å². The fourth-order valence-electron chi connectivity index (χ4n) is 2.79. The number of imidazole rings is 1. The summed E-state index contributed by atoms with van der Waals surface area (Å²) in [6, 6.07) is 0.343. The van der Waals surface area contributed by atoms with Crippen molar-refractivity contribution < 1.29 is 4.74 Å². The van der Waals surface area contributed by atoms with Gasteiger partial charge < -0.3 is 15.0 Å². The van der Waals surface area contributed by atoms with E-state index in [4.69, 9.17) is 15.5 Å². The van der Waals surface area contributed by atoms with Crippen LogP contribution in [-0.2, 0) is 10.2 Å². The molecule has 0 bridgehead atoms. The van der Waals surface area contributed by atoms with E-state index < -0.39 is 0 Å². The number of nitrogens with two attached hydrogens (primary N) is 1. The summed E-state index contributed by atoms with van der Waals surface area (Å²) in [7, 11) is 0. The molecule has 0 amide bonds. The minimum absolute atomic E-state index is 0.0157. The topological polar surface area (TPSA) is 53.1 Å². The van der Waals surface area contributed by atoms with Crippen LogP contribution < -0.4 is 5.73 Å². The first-order chi connectivity index (χ1) is 8.82. The van der Waals surface area contributed by atoms with Crippen molar-refractivity contribution in [3.8, 4) is 0 Å². The molecule has 1 aromatic heterocycles. The van der Waals surface area contributed by atoms with E-state index in [2.05, 4.69) is 39.2 Å². The predicted octanol–water partition coefficient (Wildman–Crippen LogP) is 3.24. The van der Waals surface area contributed by atoms with E-state index in [1.165, 1.54) is 0 Å². The largest absolute Gasteiger partial charge is 0.384 e. The highest BCUT2D eigenvalue weighted by molar-refractivity contribution is 5.42. The van der Waals surface area contributed by atoms with Crippen LogP contribution in [0.5, 0.6) is 0 Å². The Bertz CT molecular complexity index is 437. The Morgan fingerprint density at radius 2 is 1.84 bits per heavy atom. The molecule has 1 aromatic rings. The van der Waals surface area contributed by atoms with Crippen molar-refractivity contribution in [1.29, 1.82) is 0 Å². The molecular weight excluding hydrogens is 238 g/mol. The molecule has 2 heterocycles. The summed E-state index contributed by atoms with van der Waals surface area (Å²) in [5.74, 6) is 2.41. The molecular formula is C15H27N3O. The molecule has 2 N–H and O–H groups in total. The molecule has 0 spiro atoms. The first-order valence-corrected chi connectivity index (χ1v) is 7.28. The molecule has 0 atom stereocenters. The van der Waals surface area contributed by atoms with Crippen LogP contribution in [0.15, 0.2) is 0 Å². The zero-order valence-electron chi connectivity index (χ0n) is 12.9. The second kappa shape index (κ2) is 5.16. The van der Waals surface area contributed by atoms with Gasteiger partial charge in [-0.05, 0) is 26.7 Å². The standard InChI is InChI=1S/C15H27N3O/c1-10(2)18-13(16)12(11-6-8-19-9-7-11)17-14(18)15(3,4)5/h10-11H,6-9,16H2,1-5H3. The summed E-state index contributed by atoms with van der Waals surface area (Å²) < 4.78 is 7.64. The molecule has 0 aromatic carbocycles. The van der Waals surface area contributed by atoms with Crippen LogP contribution in [0.25, 0.3) is 0 Å². The Labute approximate surface area is 116 Å². The Balaban J connectivity index is 2.45. The van der Waals surface area contributed by atoms with Crippen molar-refractivity contribution >= 4 is 5.82 Å². The number of hydrogen-bond donors (Lipinski definition) is 1. The maximum atomic E-state index is 6.39. The molecule has 1 fully saturated rings. The maximum absolute atomic E-state index is 6.39. The number of nitrogen functional groups attached to an aromatic ring is 1. The average molecular weight is 265 g/mol. The molecule has 0 aliphatic carbocycles. The zero-order valence-corrected chi connectivity index (χ0v) is 12.9. The van der Waals surface area contributed by atoms with Crippen LogP contribution >= 0.6 is 0 Å². The summed E-state index contributed by atoms with van der Waals surface area (Å²) in [6.07, 6.45) is 2.06. The highest BCUT2D eigenvalue weighted by atomic mass is 16.5. The highest BCUT2D eigenvalue weighted by Crippen LogP contribution is 2.35. The van der Waals surface area contributed by atoms with Crippen molar-refractivity contribution in [3.05, 3.63) is 11.5 Å². The van der Waals surface area contributed by atoms with Gasteiger partial charge in [0.05, 0.1) is 5.69 Å². The van der Waals surface area contributed by atoms with Crippen molar-refractivity contribution in [2.45, 2.75) is 64.8 Å². The molecule has 0 radical (unpaired) electrons. The smallest absolute Gasteiger partial charge is 0.127 e. The van der Waals surface area contributed by atoms with Gasteiger partial charge in [0.25, 0.3) is 0 Å². The highest BCUT2D eigenvalue weighted by Gasteiger charge is 2.29. The van der Waals surface area contributed by atoms with Gasteiger partial charge in [-0.3, -0.25) is 0 Å². The normalized spacial score (nSPS) is 18.2. The lowest BCUT2D eigenvalue weighted by Gasteiger charge is -2.22. The monoisotopic (exact) mass is 265 g/mol. The number of aromatic nitrogens is 2. The van der Waals surface area contributed by atoms with E-state index in [0.717, 1.165) is 43.4 Å². The molecule has 0 saturated carbocycles. The fourth-order valence-corrected chi connectivity index (χ4v) is 2.79. The Morgan fingerprint density at radius 1 is 1.26 bits per heavy atom. The Kier molecular flexibility index (Phi) is 3.90. The molecule has 108 valence electrons. The van der Waals surface area contributed by atoms with Crippen LogP contribution in [0, 0.1) is 0 Å². The van der Waals surface area contributed by atoms with Gasteiger partial charge in [0.2, 0.25) is 0 Å². The lowest BCUT2D eigenvalue weighted by molar-refractivity contribution is 0.0847. The molecule has 1 saturated heterocycles. The third-order valence-corrected chi connectivity index (χ3v) is 3.77. The lowest BCUT2D eigenvalue weighted by Crippen LogP contribution is -2.21. The van der Waals surface area contributed by atoms with E-state index in [-0.39, 0.29) is 5.41 Å². The SMILES string of the molecule is CC(C)n1c(C(C)(C)C)nc(C2CCOCC2)c1N. The van der Waals surface area contributed by atoms with Crippen LogP contribution in [0.3, 0.4) is 0 Å². The lowest BCUT2D eigenvalue weighted by atomic mass is 9.95. The number of anilines is 1. The minimum atomic E-state index is 0.0157. The third-order valence-electron chi connectivity index (χ3n) is 3.77. The van der Waals surface area contributed by atoms with Gasteiger partial charge in [-0.1, -0.05) is 20.8 Å². The van der Waals surface area contributed by atoms with Gasteiger partial charge in [0, 0.05) is 30.6 Å². The van der Waals surface area contributed by atoms with Crippen LogP contribution in [0.2, 0.25) is 0 Å². The number of hydrogen-bond acceptors (Lipinski definition) is 3. The Morgan fingerprint density at radius 3 is 2.26 bits per heavy atom. The Hall–Kier alpha value is -1.03. The summed E-state index contributed by atoms with van der Waals surface area (Å²) in [5, 5.41) is 0. The molecule has 1 aliphatic rings. The van der Waals surface area contributed by atoms with E-state index in [1.54, 1.807) is 0 Å².